The van der Waals surface area contributed by atoms with Crippen LogP contribution >= 0.6 is 11.6 Å². The zero-order valence-corrected chi connectivity index (χ0v) is 11.6. The molecular formula is C15H19ClFNO. The largest absolute Gasteiger partial charge is 0.330 e. The first-order chi connectivity index (χ1) is 9.10. The first kappa shape index (κ1) is 14.5. The number of Topliss-reactive ketones (excluding diaryl/α,β-unsaturated/α-hetero) is 1. The zero-order chi connectivity index (χ0) is 13.8. The van der Waals surface area contributed by atoms with Crippen molar-refractivity contribution < 1.29 is 9.18 Å². The number of benzene rings is 1. The first-order valence-electron chi connectivity index (χ1n) is 6.77. The zero-order valence-electron chi connectivity index (χ0n) is 10.9. The maximum absolute atomic E-state index is 13.6. The summed E-state index contributed by atoms with van der Waals surface area (Å²) < 4.78 is 13.6. The summed E-state index contributed by atoms with van der Waals surface area (Å²) in [4.78, 5) is 12.2. The Labute approximate surface area is 118 Å². The number of nitrogens with two attached hydrogens (primary N) is 1. The highest BCUT2D eigenvalue weighted by atomic mass is 35.5. The van der Waals surface area contributed by atoms with Crippen LogP contribution in [0.2, 0.25) is 5.02 Å². The lowest BCUT2D eigenvalue weighted by Crippen LogP contribution is -2.26. The van der Waals surface area contributed by atoms with Crippen LogP contribution in [0.3, 0.4) is 0 Å². The Morgan fingerprint density at radius 1 is 1.32 bits per heavy atom. The number of hydrogen-bond donors (Lipinski definition) is 1. The molecule has 1 aliphatic carbocycles. The first-order valence-corrected chi connectivity index (χ1v) is 7.14. The summed E-state index contributed by atoms with van der Waals surface area (Å²) in [5.41, 5.74) is 6.08. The van der Waals surface area contributed by atoms with Crippen LogP contribution in [0.5, 0.6) is 0 Å². The molecule has 1 saturated carbocycles. The number of ketones is 1. The van der Waals surface area contributed by atoms with E-state index in [9.17, 15) is 9.18 Å². The van der Waals surface area contributed by atoms with Crippen molar-refractivity contribution in [3.63, 3.8) is 0 Å². The Kier molecular flexibility index (Phi) is 4.94. The van der Waals surface area contributed by atoms with E-state index in [0.717, 1.165) is 25.7 Å². The molecule has 1 aromatic carbocycles. The van der Waals surface area contributed by atoms with Crippen LogP contribution in [0.25, 0.3) is 0 Å². The van der Waals surface area contributed by atoms with Gasteiger partial charge in [-0.2, -0.15) is 0 Å². The summed E-state index contributed by atoms with van der Waals surface area (Å²) >= 11 is 5.70. The minimum Gasteiger partial charge on any atom is -0.330 e. The minimum atomic E-state index is -0.392. The summed E-state index contributed by atoms with van der Waals surface area (Å²) in [6.07, 6.45) is 3.96. The van der Waals surface area contributed by atoms with E-state index in [4.69, 9.17) is 17.3 Å². The maximum Gasteiger partial charge on any atom is 0.140 e. The van der Waals surface area contributed by atoms with Gasteiger partial charge in [0.25, 0.3) is 0 Å². The van der Waals surface area contributed by atoms with Crippen LogP contribution < -0.4 is 5.73 Å². The van der Waals surface area contributed by atoms with Crippen molar-refractivity contribution in [2.24, 2.45) is 17.6 Å². The number of carbonyl (C=O) groups is 1. The highest BCUT2D eigenvalue weighted by Crippen LogP contribution is 2.29. The van der Waals surface area contributed by atoms with Crippen molar-refractivity contribution >= 4 is 17.4 Å². The Morgan fingerprint density at radius 2 is 2.00 bits per heavy atom. The van der Waals surface area contributed by atoms with Gasteiger partial charge in [0, 0.05) is 17.4 Å². The van der Waals surface area contributed by atoms with Crippen LogP contribution in [0, 0.1) is 17.7 Å². The van der Waals surface area contributed by atoms with Crippen LogP contribution in [-0.2, 0) is 11.2 Å². The number of rotatable bonds is 4. The normalized spacial score (nSPS) is 23.3. The van der Waals surface area contributed by atoms with Gasteiger partial charge in [-0.25, -0.2) is 4.39 Å². The average molecular weight is 284 g/mol. The molecule has 0 aliphatic heterocycles. The molecule has 19 heavy (non-hydrogen) atoms. The summed E-state index contributed by atoms with van der Waals surface area (Å²) in [5, 5.41) is 0.358. The second kappa shape index (κ2) is 6.49. The summed E-state index contributed by atoms with van der Waals surface area (Å²) in [5.74, 6) is 0.363. The molecule has 0 spiro atoms. The molecule has 2 N–H and O–H groups in total. The van der Waals surface area contributed by atoms with Gasteiger partial charge in [-0.15, -0.1) is 0 Å². The molecule has 1 fully saturated rings. The van der Waals surface area contributed by atoms with E-state index in [0.29, 0.717) is 23.0 Å². The molecule has 104 valence electrons. The van der Waals surface area contributed by atoms with E-state index in [2.05, 4.69) is 0 Å². The van der Waals surface area contributed by atoms with E-state index in [1.165, 1.54) is 6.07 Å². The van der Waals surface area contributed by atoms with E-state index < -0.39 is 5.82 Å². The van der Waals surface area contributed by atoms with Gasteiger partial charge in [0.05, 0.1) is 0 Å². The van der Waals surface area contributed by atoms with Crippen LogP contribution in [0.4, 0.5) is 4.39 Å². The quantitative estimate of drug-likeness (QED) is 0.921. The lowest BCUT2D eigenvalue weighted by molar-refractivity contribution is -0.123. The molecule has 1 aromatic rings. The van der Waals surface area contributed by atoms with Crippen molar-refractivity contribution in [3.05, 3.63) is 34.6 Å². The van der Waals surface area contributed by atoms with E-state index >= 15 is 0 Å². The standard InChI is InChI=1S/C15H19ClFNO/c16-13-6-5-12(14(17)8-13)7-15(19)11-3-1-10(9-18)2-4-11/h5-6,8,10-11H,1-4,7,9,18H2. The molecule has 0 atom stereocenters. The molecule has 2 rings (SSSR count). The maximum atomic E-state index is 13.6. The monoisotopic (exact) mass is 283 g/mol. The second-order valence-corrected chi connectivity index (χ2v) is 5.77. The Bertz CT molecular complexity index is 455. The molecule has 1 aliphatic rings. The fraction of sp³-hybridized carbons (Fsp3) is 0.533. The molecule has 2 nitrogen and oxygen atoms in total. The Hall–Kier alpha value is -0.930. The third-order valence-corrected chi connectivity index (χ3v) is 4.25. The predicted octanol–water partition coefficient (Wildman–Crippen LogP) is 3.36. The van der Waals surface area contributed by atoms with Gasteiger partial charge in [-0.1, -0.05) is 17.7 Å². The lowest BCUT2D eigenvalue weighted by atomic mass is 9.79. The molecule has 0 aromatic heterocycles. The van der Waals surface area contributed by atoms with Crippen molar-refractivity contribution in [3.8, 4) is 0 Å². The molecule has 0 bridgehead atoms. The van der Waals surface area contributed by atoms with Gasteiger partial charge < -0.3 is 5.73 Å². The molecule has 0 heterocycles. The van der Waals surface area contributed by atoms with Gasteiger partial charge in [0.1, 0.15) is 11.6 Å². The Morgan fingerprint density at radius 3 is 2.58 bits per heavy atom. The topological polar surface area (TPSA) is 43.1 Å². The van der Waals surface area contributed by atoms with Crippen molar-refractivity contribution in [2.75, 3.05) is 6.54 Å². The van der Waals surface area contributed by atoms with Gasteiger partial charge in [0.15, 0.2) is 0 Å². The van der Waals surface area contributed by atoms with Crippen molar-refractivity contribution in [2.45, 2.75) is 32.1 Å². The summed E-state index contributed by atoms with van der Waals surface area (Å²) in [6, 6.07) is 4.48. The van der Waals surface area contributed by atoms with Gasteiger partial charge in [-0.3, -0.25) is 4.79 Å². The SMILES string of the molecule is NCC1CCC(C(=O)Cc2ccc(Cl)cc2F)CC1. The van der Waals surface area contributed by atoms with Crippen molar-refractivity contribution in [1.29, 1.82) is 0 Å². The summed E-state index contributed by atoms with van der Waals surface area (Å²) in [6.45, 7) is 0.701. The highest BCUT2D eigenvalue weighted by molar-refractivity contribution is 6.30. The highest BCUT2D eigenvalue weighted by Gasteiger charge is 2.25. The van der Waals surface area contributed by atoms with Gasteiger partial charge >= 0.3 is 0 Å². The van der Waals surface area contributed by atoms with E-state index in [-0.39, 0.29) is 18.1 Å². The number of hydrogen-bond acceptors (Lipinski definition) is 2. The van der Waals surface area contributed by atoms with Crippen molar-refractivity contribution in [1.82, 2.24) is 0 Å². The fourth-order valence-corrected chi connectivity index (χ4v) is 2.88. The second-order valence-electron chi connectivity index (χ2n) is 5.33. The number of halogens is 2. The fourth-order valence-electron chi connectivity index (χ4n) is 2.72. The van der Waals surface area contributed by atoms with Crippen LogP contribution in [0.15, 0.2) is 18.2 Å². The van der Waals surface area contributed by atoms with Crippen LogP contribution in [-0.4, -0.2) is 12.3 Å². The van der Waals surface area contributed by atoms with Gasteiger partial charge in [-0.05, 0) is 55.8 Å². The molecule has 0 saturated heterocycles. The molecular weight excluding hydrogens is 265 g/mol. The molecule has 4 heteroatoms. The van der Waals surface area contributed by atoms with Gasteiger partial charge in [0.2, 0.25) is 0 Å². The van der Waals surface area contributed by atoms with Crippen LogP contribution in [0.1, 0.15) is 31.2 Å². The molecule has 0 radical (unpaired) electrons. The smallest absolute Gasteiger partial charge is 0.140 e. The summed E-state index contributed by atoms with van der Waals surface area (Å²) in [7, 11) is 0. The predicted molar refractivity (Wildman–Crippen MR) is 74.6 cm³/mol. The third-order valence-electron chi connectivity index (χ3n) is 4.02. The Balaban J connectivity index is 1.94. The lowest BCUT2D eigenvalue weighted by Gasteiger charge is -2.26. The number of carbonyl (C=O) groups excluding carboxylic acids is 1. The van der Waals surface area contributed by atoms with E-state index in [1.54, 1.807) is 12.1 Å². The van der Waals surface area contributed by atoms with E-state index in [1.807, 2.05) is 0 Å². The average Bonchev–Trinajstić information content (AvgIpc) is 2.42. The molecule has 0 amide bonds. The molecule has 0 unspecified atom stereocenters. The minimum absolute atomic E-state index is 0.0675. The third kappa shape index (κ3) is 3.77.